The monoisotopic (exact) mass is 326 g/mol. The molecule has 0 aliphatic rings. The van der Waals surface area contributed by atoms with E-state index in [9.17, 15) is 0 Å². The van der Waals surface area contributed by atoms with Gasteiger partial charge < -0.3 is 9.26 Å². The van der Waals surface area contributed by atoms with Gasteiger partial charge in [0.2, 0.25) is 11.7 Å². The maximum atomic E-state index is 5.68. The molecule has 4 nitrogen and oxygen atoms in total. The molecule has 3 aromatic rings. The fourth-order valence-electron chi connectivity index (χ4n) is 2.08. The smallest absolute Gasteiger partial charge is 0.239 e. The topological polar surface area (TPSA) is 48.2 Å². The van der Waals surface area contributed by atoms with Crippen molar-refractivity contribution >= 4 is 11.8 Å². The van der Waals surface area contributed by atoms with E-state index in [2.05, 4.69) is 17.1 Å². The summed E-state index contributed by atoms with van der Waals surface area (Å²) < 4.78 is 11.1. The molecule has 0 saturated carbocycles. The Kier molecular flexibility index (Phi) is 5.32. The van der Waals surface area contributed by atoms with Gasteiger partial charge in [-0.3, -0.25) is 0 Å². The number of hydrogen-bond donors (Lipinski definition) is 0. The lowest BCUT2D eigenvalue weighted by atomic mass is 10.2. The number of thioether (sulfide) groups is 1. The highest BCUT2D eigenvalue weighted by atomic mass is 32.2. The Morgan fingerprint density at radius 2 is 1.74 bits per heavy atom. The summed E-state index contributed by atoms with van der Waals surface area (Å²) in [6.45, 7) is 2.72. The maximum absolute atomic E-state index is 5.68. The van der Waals surface area contributed by atoms with Gasteiger partial charge in [0, 0.05) is 11.3 Å². The zero-order valence-corrected chi connectivity index (χ0v) is 13.7. The first-order valence-electron chi connectivity index (χ1n) is 7.51. The van der Waals surface area contributed by atoms with Crippen molar-refractivity contribution in [2.75, 3.05) is 12.4 Å². The third kappa shape index (κ3) is 4.36. The Balaban J connectivity index is 1.49. The van der Waals surface area contributed by atoms with Crippen LogP contribution in [0.1, 0.15) is 18.1 Å². The van der Waals surface area contributed by atoms with Crippen molar-refractivity contribution in [2.45, 2.75) is 12.2 Å². The van der Waals surface area contributed by atoms with E-state index in [1.165, 1.54) is 0 Å². The van der Waals surface area contributed by atoms with Gasteiger partial charge >= 0.3 is 0 Å². The summed E-state index contributed by atoms with van der Waals surface area (Å²) in [5.41, 5.74) is 0.965. The first-order chi connectivity index (χ1) is 11.3. The van der Waals surface area contributed by atoms with Crippen molar-refractivity contribution in [3.8, 4) is 17.1 Å². The predicted molar refractivity (Wildman–Crippen MR) is 92.5 cm³/mol. The van der Waals surface area contributed by atoms with E-state index < -0.39 is 0 Å². The van der Waals surface area contributed by atoms with Crippen LogP contribution in [0.5, 0.6) is 5.75 Å². The molecule has 0 spiro atoms. The lowest BCUT2D eigenvalue weighted by Gasteiger charge is -2.08. The normalized spacial score (nSPS) is 12.0. The van der Waals surface area contributed by atoms with Crippen molar-refractivity contribution in [3.05, 3.63) is 66.6 Å². The Morgan fingerprint density at radius 3 is 2.48 bits per heavy atom. The molecule has 0 aliphatic carbocycles. The number of rotatable bonds is 7. The van der Waals surface area contributed by atoms with Gasteiger partial charge in [-0.2, -0.15) is 4.98 Å². The molecule has 1 heterocycles. The van der Waals surface area contributed by atoms with Crippen LogP contribution in [0.25, 0.3) is 11.4 Å². The molecule has 3 rings (SSSR count). The second-order valence-electron chi connectivity index (χ2n) is 5.00. The first kappa shape index (κ1) is 15.6. The van der Waals surface area contributed by atoms with Gasteiger partial charge in [-0.15, -0.1) is 11.8 Å². The molecule has 0 aliphatic heterocycles. The summed E-state index contributed by atoms with van der Waals surface area (Å²) >= 11 is 1.74. The third-order valence-electron chi connectivity index (χ3n) is 3.28. The average molecular weight is 326 g/mol. The molecule has 0 radical (unpaired) electrons. The SMILES string of the molecule is CC(SCCOc1ccccc1)c1nc(-c2ccccc2)no1. The second kappa shape index (κ2) is 7.83. The third-order valence-corrected chi connectivity index (χ3v) is 4.39. The molecule has 2 aromatic carbocycles. The Hall–Kier alpha value is -2.27. The minimum absolute atomic E-state index is 0.138. The fraction of sp³-hybridized carbons (Fsp3) is 0.222. The van der Waals surface area contributed by atoms with E-state index in [-0.39, 0.29) is 5.25 Å². The quantitative estimate of drug-likeness (QED) is 0.593. The van der Waals surface area contributed by atoms with Gasteiger partial charge in [-0.25, -0.2) is 0 Å². The lowest BCUT2D eigenvalue weighted by molar-refractivity contribution is 0.343. The number of ether oxygens (including phenoxy) is 1. The highest BCUT2D eigenvalue weighted by Gasteiger charge is 2.15. The Bertz CT molecular complexity index is 716. The second-order valence-corrected chi connectivity index (χ2v) is 6.45. The number of nitrogens with zero attached hydrogens (tertiary/aromatic N) is 2. The van der Waals surface area contributed by atoms with Crippen LogP contribution in [-0.4, -0.2) is 22.5 Å². The summed E-state index contributed by atoms with van der Waals surface area (Å²) in [6, 6.07) is 19.7. The molecule has 5 heteroatoms. The van der Waals surface area contributed by atoms with Gasteiger partial charge in [0.05, 0.1) is 11.9 Å². The van der Waals surface area contributed by atoms with Crippen LogP contribution in [0.2, 0.25) is 0 Å². The minimum atomic E-state index is 0.138. The van der Waals surface area contributed by atoms with E-state index in [1.54, 1.807) is 11.8 Å². The van der Waals surface area contributed by atoms with E-state index in [0.29, 0.717) is 18.3 Å². The van der Waals surface area contributed by atoms with Crippen LogP contribution < -0.4 is 4.74 Å². The zero-order chi connectivity index (χ0) is 15.9. The largest absolute Gasteiger partial charge is 0.493 e. The predicted octanol–water partition coefficient (Wildman–Crippen LogP) is 4.61. The van der Waals surface area contributed by atoms with Gasteiger partial charge in [-0.05, 0) is 19.1 Å². The Labute approximate surface area is 139 Å². The van der Waals surface area contributed by atoms with Gasteiger partial charge in [0.1, 0.15) is 5.75 Å². The van der Waals surface area contributed by atoms with Crippen LogP contribution in [0, 0.1) is 0 Å². The van der Waals surface area contributed by atoms with Crippen molar-refractivity contribution in [1.29, 1.82) is 0 Å². The molecule has 0 fully saturated rings. The molecule has 0 N–H and O–H groups in total. The van der Waals surface area contributed by atoms with Gasteiger partial charge in [-0.1, -0.05) is 53.7 Å². The molecule has 0 bridgehead atoms. The summed E-state index contributed by atoms with van der Waals surface area (Å²) in [5.74, 6) is 3.03. The molecule has 0 amide bonds. The van der Waals surface area contributed by atoms with Crippen molar-refractivity contribution in [2.24, 2.45) is 0 Å². The van der Waals surface area contributed by atoms with E-state index in [0.717, 1.165) is 17.1 Å². The Morgan fingerprint density at radius 1 is 1.04 bits per heavy atom. The summed E-state index contributed by atoms with van der Waals surface area (Å²) in [7, 11) is 0. The number of hydrogen-bond acceptors (Lipinski definition) is 5. The molecule has 1 atom stereocenters. The zero-order valence-electron chi connectivity index (χ0n) is 12.9. The summed E-state index contributed by atoms with van der Waals surface area (Å²) in [6.07, 6.45) is 0. The molecule has 1 aromatic heterocycles. The van der Waals surface area contributed by atoms with Crippen LogP contribution in [0.3, 0.4) is 0 Å². The molecule has 0 saturated heterocycles. The van der Waals surface area contributed by atoms with E-state index in [1.807, 2.05) is 60.7 Å². The molecule has 118 valence electrons. The summed E-state index contributed by atoms with van der Waals surface area (Å²) in [5, 5.41) is 4.19. The fourth-order valence-corrected chi connectivity index (χ4v) is 2.85. The number of aromatic nitrogens is 2. The van der Waals surface area contributed by atoms with Crippen LogP contribution in [0.4, 0.5) is 0 Å². The van der Waals surface area contributed by atoms with Gasteiger partial charge in [0.25, 0.3) is 0 Å². The van der Waals surface area contributed by atoms with Crippen LogP contribution in [-0.2, 0) is 0 Å². The van der Waals surface area contributed by atoms with E-state index >= 15 is 0 Å². The molecular formula is C18H18N2O2S. The lowest BCUT2D eigenvalue weighted by Crippen LogP contribution is -2.01. The molecule has 23 heavy (non-hydrogen) atoms. The van der Waals surface area contributed by atoms with Crippen LogP contribution >= 0.6 is 11.8 Å². The van der Waals surface area contributed by atoms with Gasteiger partial charge in [0.15, 0.2) is 0 Å². The van der Waals surface area contributed by atoms with Crippen molar-refractivity contribution < 1.29 is 9.26 Å². The van der Waals surface area contributed by atoms with Crippen molar-refractivity contribution in [3.63, 3.8) is 0 Å². The molecular weight excluding hydrogens is 308 g/mol. The standard InChI is InChI=1S/C18H18N2O2S/c1-14(23-13-12-21-16-10-6-3-7-11-16)18-19-17(20-22-18)15-8-4-2-5-9-15/h2-11,14H,12-13H2,1H3. The summed E-state index contributed by atoms with van der Waals surface area (Å²) in [4.78, 5) is 4.48. The number of para-hydroxylation sites is 1. The highest BCUT2D eigenvalue weighted by Crippen LogP contribution is 2.28. The maximum Gasteiger partial charge on any atom is 0.239 e. The van der Waals surface area contributed by atoms with E-state index in [4.69, 9.17) is 9.26 Å². The van der Waals surface area contributed by atoms with Crippen LogP contribution in [0.15, 0.2) is 65.2 Å². The average Bonchev–Trinajstić information content (AvgIpc) is 3.10. The number of benzene rings is 2. The minimum Gasteiger partial charge on any atom is -0.493 e. The van der Waals surface area contributed by atoms with Crippen molar-refractivity contribution in [1.82, 2.24) is 10.1 Å². The first-order valence-corrected chi connectivity index (χ1v) is 8.56. The molecule has 1 unspecified atom stereocenters. The highest BCUT2D eigenvalue weighted by molar-refractivity contribution is 7.99.